The first-order chi connectivity index (χ1) is 12.1. The maximum atomic E-state index is 5.89. The van der Waals surface area contributed by atoms with Gasteiger partial charge >= 0.3 is 7.32 Å². The number of benzene rings is 3. The van der Waals surface area contributed by atoms with E-state index in [1.165, 1.54) is 16.7 Å². The van der Waals surface area contributed by atoms with E-state index in [9.17, 15) is 0 Å². The lowest BCUT2D eigenvalue weighted by atomic mass is 10.1. The van der Waals surface area contributed by atoms with Gasteiger partial charge in [-0.2, -0.15) is 0 Å². The molecule has 0 N–H and O–H groups in total. The fourth-order valence-electron chi connectivity index (χ4n) is 2.26. The summed E-state index contributed by atoms with van der Waals surface area (Å²) in [4.78, 5) is 0. The zero-order valence-corrected chi connectivity index (χ0v) is 14.7. The molecule has 0 fully saturated rings. The van der Waals surface area contributed by atoms with E-state index in [1.807, 2.05) is 93.6 Å². The van der Waals surface area contributed by atoms with E-state index in [0.717, 1.165) is 0 Å². The van der Waals surface area contributed by atoms with Gasteiger partial charge in [0.15, 0.2) is 0 Å². The van der Waals surface area contributed by atoms with Crippen molar-refractivity contribution < 1.29 is 14.0 Å². The van der Waals surface area contributed by atoms with Crippen LogP contribution < -0.4 is 14.0 Å². The van der Waals surface area contributed by atoms with Crippen LogP contribution in [0.2, 0.25) is 0 Å². The number of hydrogen-bond donors (Lipinski definition) is 0. The third-order valence-corrected chi connectivity index (χ3v) is 3.76. The first kappa shape index (κ1) is 17.0. The molecule has 25 heavy (non-hydrogen) atoms. The number of aryl methyl sites for hydroxylation is 3. The average molecular weight is 332 g/mol. The Kier molecular flexibility index (Phi) is 5.29. The van der Waals surface area contributed by atoms with E-state index in [1.54, 1.807) is 0 Å². The highest BCUT2D eigenvalue weighted by molar-refractivity contribution is 6.39. The molecule has 3 aromatic rings. The van der Waals surface area contributed by atoms with Crippen LogP contribution in [0.25, 0.3) is 0 Å². The molecule has 0 saturated heterocycles. The number of hydrogen-bond acceptors (Lipinski definition) is 3. The molecule has 3 nitrogen and oxygen atoms in total. The maximum Gasteiger partial charge on any atom is 0.864 e. The van der Waals surface area contributed by atoms with Crippen molar-refractivity contribution in [2.24, 2.45) is 0 Å². The summed E-state index contributed by atoms with van der Waals surface area (Å²) in [5, 5.41) is 0. The van der Waals surface area contributed by atoms with Crippen LogP contribution in [-0.2, 0) is 0 Å². The van der Waals surface area contributed by atoms with Gasteiger partial charge in [-0.15, -0.1) is 0 Å². The molecular weight excluding hydrogens is 311 g/mol. The van der Waals surface area contributed by atoms with E-state index < -0.39 is 7.32 Å². The summed E-state index contributed by atoms with van der Waals surface area (Å²) in [7, 11) is -0.881. The zero-order valence-electron chi connectivity index (χ0n) is 14.7. The first-order valence-electron chi connectivity index (χ1n) is 8.28. The van der Waals surface area contributed by atoms with Crippen LogP contribution in [-0.4, -0.2) is 7.32 Å². The van der Waals surface area contributed by atoms with Gasteiger partial charge in [0.25, 0.3) is 0 Å². The summed E-state index contributed by atoms with van der Waals surface area (Å²) in [6, 6.07) is 23.4. The van der Waals surface area contributed by atoms with Gasteiger partial charge in [0, 0.05) is 0 Å². The molecule has 0 bridgehead atoms. The van der Waals surface area contributed by atoms with Crippen molar-refractivity contribution in [1.82, 2.24) is 0 Å². The molecule has 0 aromatic heterocycles. The highest BCUT2D eigenvalue weighted by atomic mass is 16.7. The fourth-order valence-corrected chi connectivity index (χ4v) is 2.26. The Hall–Kier alpha value is -2.88. The Bertz CT molecular complexity index is 683. The molecule has 0 aliphatic heterocycles. The second-order valence-corrected chi connectivity index (χ2v) is 6.08. The van der Waals surface area contributed by atoms with Crippen molar-refractivity contribution >= 4 is 7.32 Å². The van der Waals surface area contributed by atoms with Gasteiger partial charge in [-0.3, -0.25) is 0 Å². The van der Waals surface area contributed by atoms with Gasteiger partial charge in [-0.1, -0.05) is 53.1 Å². The van der Waals surface area contributed by atoms with Crippen molar-refractivity contribution in [3.8, 4) is 17.2 Å². The predicted molar refractivity (Wildman–Crippen MR) is 101 cm³/mol. The third kappa shape index (κ3) is 5.05. The van der Waals surface area contributed by atoms with Crippen LogP contribution in [0, 0.1) is 20.8 Å². The summed E-state index contributed by atoms with van der Waals surface area (Å²) in [5.74, 6) is 2.07. The Balaban J connectivity index is 1.77. The molecule has 0 aliphatic rings. The van der Waals surface area contributed by atoms with Crippen molar-refractivity contribution in [2.45, 2.75) is 20.8 Å². The third-order valence-electron chi connectivity index (χ3n) is 3.76. The Morgan fingerprint density at radius 1 is 0.440 bits per heavy atom. The highest BCUT2D eigenvalue weighted by Crippen LogP contribution is 2.19. The molecule has 3 rings (SSSR count). The predicted octanol–water partition coefficient (Wildman–Crippen LogP) is 5.13. The van der Waals surface area contributed by atoms with E-state index in [2.05, 4.69) is 0 Å². The lowest BCUT2D eigenvalue weighted by Crippen LogP contribution is -2.36. The van der Waals surface area contributed by atoms with Crippen LogP contribution in [0.15, 0.2) is 72.8 Å². The lowest BCUT2D eigenvalue weighted by molar-refractivity contribution is 0.307. The van der Waals surface area contributed by atoms with E-state index >= 15 is 0 Å². The Morgan fingerprint density at radius 3 is 0.920 bits per heavy atom. The van der Waals surface area contributed by atoms with Crippen LogP contribution in [0.1, 0.15) is 16.7 Å². The molecule has 126 valence electrons. The van der Waals surface area contributed by atoms with E-state index in [4.69, 9.17) is 14.0 Å². The van der Waals surface area contributed by atoms with Crippen LogP contribution in [0.5, 0.6) is 17.2 Å². The second-order valence-electron chi connectivity index (χ2n) is 6.08. The van der Waals surface area contributed by atoms with Gasteiger partial charge in [-0.05, 0) is 57.2 Å². The lowest BCUT2D eigenvalue weighted by Gasteiger charge is -2.17. The summed E-state index contributed by atoms with van der Waals surface area (Å²) in [6.07, 6.45) is 0. The molecule has 0 saturated carbocycles. The zero-order chi connectivity index (χ0) is 17.6. The highest BCUT2D eigenvalue weighted by Gasteiger charge is 2.30. The summed E-state index contributed by atoms with van der Waals surface area (Å²) >= 11 is 0. The molecule has 0 aliphatic carbocycles. The molecule has 0 heterocycles. The van der Waals surface area contributed by atoms with Gasteiger partial charge in [0.2, 0.25) is 0 Å². The van der Waals surface area contributed by atoms with Gasteiger partial charge in [0.1, 0.15) is 17.2 Å². The molecule has 0 unspecified atom stereocenters. The fraction of sp³-hybridized carbons (Fsp3) is 0.143. The van der Waals surface area contributed by atoms with Crippen LogP contribution in [0.3, 0.4) is 0 Å². The maximum absolute atomic E-state index is 5.89. The van der Waals surface area contributed by atoms with Crippen molar-refractivity contribution in [2.75, 3.05) is 0 Å². The molecule has 3 aromatic carbocycles. The molecular formula is C21H21BO3. The monoisotopic (exact) mass is 332 g/mol. The quantitative estimate of drug-likeness (QED) is 0.586. The summed E-state index contributed by atoms with van der Waals surface area (Å²) in [5.41, 5.74) is 3.51. The van der Waals surface area contributed by atoms with Gasteiger partial charge in [0.05, 0.1) is 0 Å². The molecule has 0 radical (unpaired) electrons. The van der Waals surface area contributed by atoms with Crippen LogP contribution in [0.4, 0.5) is 0 Å². The Morgan fingerprint density at radius 2 is 0.680 bits per heavy atom. The standard InChI is InChI=1S/C21H21BO3/c1-16-4-10-19(11-5-16)23-22(24-20-12-6-17(2)7-13-20)25-21-14-8-18(3)9-15-21/h4-15H,1-3H3. The minimum absolute atomic E-state index is 0.690. The van der Waals surface area contributed by atoms with Crippen molar-refractivity contribution in [3.63, 3.8) is 0 Å². The smallest absolute Gasteiger partial charge is 0.490 e. The van der Waals surface area contributed by atoms with Crippen molar-refractivity contribution in [1.29, 1.82) is 0 Å². The second kappa shape index (κ2) is 7.80. The topological polar surface area (TPSA) is 27.7 Å². The first-order valence-corrected chi connectivity index (χ1v) is 8.28. The minimum Gasteiger partial charge on any atom is -0.490 e. The van der Waals surface area contributed by atoms with E-state index in [0.29, 0.717) is 17.2 Å². The Labute approximate surface area is 149 Å². The molecule has 0 atom stereocenters. The van der Waals surface area contributed by atoms with Gasteiger partial charge in [-0.25, -0.2) is 0 Å². The van der Waals surface area contributed by atoms with Gasteiger partial charge < -0.3 is 14.0 Å². The normalized spacial score (nSPS) is 10.2. The summed E-state index contributed by atoms with van der Waals surface area (Å²) in [6.45, 7) is 6.10. The van der Waals surface area contributed by atoms with Crippen molar-refractivity contribution in [3.05, 3.63) is 89.5 Å². The minimum atomic E-state index is -0.881. The molecule has 0 spiro atoms. The molecule has 0 amide bonds. The van der Waals surface area contributed by atoms with E-state index in [-0.39, 0.29) is 0 Å². The largest absolute Gasteiger partial charge is 0.864 e. The number of rotatable bonds is 6. The SMILES string of the molecule is Cc1ccc(OB(Oc2ccc(C)cc2)Oc2ccc(C)cc2)cc1. The summed E-state index contributed by atoms with van der Waals surface area (Å²) < 4.78 is 17.7. The average Bonchev–Trinajstić information content (AvgIpc) is 2.61. The molecule has 4 heteroatoms. The van der Waals surface area contributed by atoms with Crippen LogP contribution >= 0.6 is 0 Å².